The first-order valence-electron chi connectivity index (χ1n) is 7.14. The summed E-state index contributed by atoms with van der Waals surface area (Å²) in [5, 5.41) is 2.66. The van der Waals surface area contributed by atoms with Crippen molar-refractivity contribution < 1.29 is 22.0 Å². The van der Waals surface area contributed by atoms with Gasteiger partial charge in [0.1, 0.15) is 9.84 Å². The first kappa shape index (κ1) is 19.3. The van der Waals surface area contributed by atoms with Crippen LogP contribution in [0.1, 0.15) is 25.3 Å². The molecule has 1 rings (SSSR count). The number of hydrogen-bond acceptors (Lipinski definition) is 3. The summed E-state index contributed by atoms with van der Waals surface area (Å²) in [5.41, 5.74) is 0.566. The Morgan fingerprint density at radius 3 is 2.39 bits per heavy atom. The number of nitrogens with zero attached hydrogens (tertiary/aromatic N) is 1. The van der Waals surface area contributed by atoms with Crippen LogP contribution in [-0.2, 0) is 9.84 Å². The Bertz CT molecular complexity index is 665. The highest BCUT2D eigenvalue weighted by molar-refractivity contribution is 7.90. The second-order valence-electron chi connectivity index (χ2n) is 5.81. The normalized spacial score (nSPS) is 14.2. The van der Waals surface area contributed by atoms with E-state index in [1.54, 1.807) is 13.8 Å². The van der Waals surface area contributed by atoms with Crippen LogP contribution in [0.5, 0.6) is 0 Å². The van der Waals surface area contributed by atoms with Gasteiger partial charge >= 0.3 is 6.03 Å². The molecule has 23 heavy (non-hydrogen) atoms. The fraction of sp³-hybridized carbons (Fsp3) is 0.533. The topological polar surface area (TPSA) is 66.5 Å². The van der Waals surface area contributed by atoms with Gasteiger partial charge in [0.05, 0.1) is 5.75 Å². The molecule has 1 aromatic carbocycles. The summed E-state index contributed by atoms with van der Waals surface area (Å²) in [6.45, 7) is 3.63. The number of hydrogen-bond donors (Lipinski definition) is 1. The number of carbonyl (C=O) groups excluding carboxylic acids is 1. The zero-order valence-corrected chi connectivity index (χ0v) is 14.5. The highest BCUT2D eigenvalue weighted by atomic mass is 32.2. The third-order valence-electron chi connectivity index (χ3n) is 3.60. The lowest BCUT2D eigenvalue weighted by Gasteiger charge is -2.25. The molecule has 2 atom stereocenters. The zero-order chi connectivity index (χ0) is 17.8. The van der Waals surface area contributed by atoms with Crippen LogP contribution in [0.25, 0.3) is 0 Å². The Labute approximate surface area is 135 Å². The molecule has 1 N–H and O–H groups in total. The van der Waals surface area contributed by atoms with Crippen LogP contribution in [-0.4, -0.2) is 51.0 Å². The second-order valence-corrected chi connectivity index (χ2v) is 8.00. The fourth-order valence-corrected chi connectivity index (χ4v) is 3.15. The summed E-state index contributed by atoms with van der Waals surface area (Å²) >= 11 is 0. The van der Waals surface area contributed by atoms with Crippen molar-refractivity contribution in [3.8, 4) is 0 Å². The van der Waals surface area contributed by atoms with Gasteiger partial charge in [0.2, 0.25) is 0 Å². The predicted octanol–water partition coefficient (Wildman–Crippen LogP) is 2.14. The molecule has 0 saturated carbocycles. The molecule has 0 bridgehead atoms. The number of halogens is 2. The highest BCUT2D eigenvalue weighted by Crippen LogP contribution is 2.17. The SMILES string of the molecule is C[C@H](CS(C)(=O)=O)N(C)C(=O)NC[C@H](C)c1ccc(F)c(F)c1. The molecular weight excluding hydrogens is 326 g/mol. The van der Waals surface area contributed by atoms with Gasteiger partial charge in [-0.1, -0.05) is 13.0 Å². The van der Waals surface area contributed by atoms with Crippen molar-refractivity contribution in [3.05, 3.63) is 35.4 Å². The Hall–Kier alpha value is -1.70. The minimum atomic E-state index is -3.18. The molecule has 0 saturated heterocycles. The summed E-state index contributed by atoms with van der Waals surface area (Å²) < 4.78 is 48.6. The summed E-state index contributed by atoms with van der Waals surface area (Å²) in [4.78, 5) is 13.3. The van der Waals surface area contributed by atoms with Crippen LogP contribution in [0.15, 0.2) is 18.2 Å². The molecule has 130 valence electrons. The van der Waals surface area contributed by atoms with Gasteiger partial charge in [-0.05, 0) is 30.5 Å². The lowest BCUT2D eigenvalue weighted by atomic mass is 10.0. The maximum atomic E-state index is 13.2. The van der Waals surface area contributed by atoms with E-state index in [2.05, 4.69) is 5.32 Å². The molecule has 0 spiro atoms. The van der Waals surface area contributed by atoms with E-state index in [4.69, 9.17) is 0 Å². The number of benzene rings is 1. The van der Waals surface area contributed by atoms with Crippen LogP contribution in [0.2, 0.25) is 0 Å². The molecule has 5 nitrogen and oxygen atoms in total. The largest absolute Gasteiger partial charge is 0.337 e. The number of urea groups is 1. The maximum Gasteiger partial charge on any atom is 0.317 e. The van der Waals surface area contributed by atoms with Crippen molar-refractivity contribution in [3.63, 3.8) is 0 Å². The summed E-state index contributed by atoms with van der Waals surface area (Å²) in [6.07, 6.45) is 1.11. The molecule has 0 aliphatic rings. The van der Waals surface area contributed by atoms with Gasteiger partial charge in [-0.25, -0.2) is 22.0 Å². The smallest absolute Gasteiger partial charge is 0.317 e. The molecule has 2 amide bonds. The lowest BCUT2D eigenvalue weighted by Crippen LogP contribution is -2.45. The third kappa shape index (κ3) is 6.13. The Balaban J connectivity index is 2.59. The number of amides is 2. The number of rotatable bonds is 6. The standard InChI is InChI=1S/C15H22F2N2O3S/c1-10(12-5-6-13(16)14(17)7-12)8-18-15(20)19(3)11(2)9-23(4,21)22/h5-7,10-11H,8-9H2,1-4H3,(H,18,20)/t10-,11+/m0/s1. The van der Waals surface area contributed by atoms with Crippen LogP contribution in [0.3, 0.4) is 0 Å². The third-order valence-corrected chi connectivity index (χ3v) is 4.69. The molecule has 0 aliphatic carbocycles. The zero-order valence-electron chi connectivity index (χ0n) is 13.6. The monoisotopic (exact) mass is 348 g/mol. The first-order chi connectivity index (χ1) is 10.5. The molecule has 0 radical (unpaired) electrons. The van der Waals surface area contributed by atoms with Crippen LogP contribution >= 0.6 is 0 Å². The van der Waals surface area contributed by atoms with Gasteiger partial charge in [0.15, 0.2) is 11.6 Å². The van der Waals surface area contributed by atoms with Crippen molar-refractivity contribution in [2.45, 2.75) is 25.8 Å². The average molecular weight is 348 g/mol. The summed E-state index contributed by atoms with van der Waals surface area (Å²) in [5.74, 6) is -2.19. The Kier molecular flexibility index (Phi) is 6.49. The van der Waals surface area contributed by atoms with Gasteiger partial charge in [0.25, 0.3) is 0 Å². The van der Waals surface area contributed by atoms with E-state index in [1.807, 2.05) is 0 Å². The summed E-state index contributed by atoms with van der Waals surface area (Å²) in [6, 6.07) is 2.72. The van der Waals surface area contributed by atoms with E-state index in [9.17, 15) is 22.0 Å². The molecule has 0 unspecified atom stereocenters. The molecule has 0 fully saturated rings. The minimum Gasteiger partial charge on any atom is -0.337 e. The first-order valence-corrected chi connectivity index (χ1v) is 9.20. The summed E-state index contributed by atoms with van der Waals surface area (Å²) in [7, 11) is -1.68. The number of sulfone groups is 1. The van der Waals surface area contributed by atoms with Gasteiger partial charge in [-0.3, -0.25) is 0 Å². The van der Waals surface area contributed by atoms with Gasteiger partial charge in [-0.2, -0.15) is 0 Å². The van der Waals surface area contributed by atoms with Crippen molar-refractivity contribution in [2.75, 3.05) is 25.6 Å². The molecule has 8 heteroatoms. The molecule has 0 aromatic heterocycles. The van der Waals surface area contributed by atoms with Crippen molar-refractivity contribution in [1.29, 1.82) is 0 Å². The van der Waals surface area contributed by atoms with E-state index < -0.39 is 33.5 Å². The number of nitrogens with one attached hydrogen (secondary N) is 1. The van der Waals surface area contributed by atoms with Crippen LogP contribution in [0.4, 0.5) is 13.6 Å². The Morgan fingerprint density at radius 1 is 1.26 bits per heavy atom. The predicted molar refractivity (Wildman–Crippen MR) is 85.1 cm³/mol. The molecule has 1 aromatic rings. The molecule has 0 heterocycles. The number of carbonyl (C=O) groups is 1. The van der Waals surface area contributed by atoms with Crippen LogP contribution in [0, 0.1) is 11.6 Å². The van der Waals surface area contributed by atoms with E-state index in [-0.39, 0.29) is 18.2 Å². The maximum absolute atomic E-state index is 13.2. The van der Waals surface area contributed by atoms with E-state index in [1.165, 1.54) is 18.0 Å². The minimum absolute atomic E-state index is 0.129. The highest BCUT2D eigenvalue weighted by Gasteiger charge is 2.20. The van der Waals surface area contributed by atoms with E-state index in [0.717, 1.165) is 18.4 Å². The Morgan fingerprint density at radius 2 is 1.87 bits per heavy atom. The van der Waals surface area contributed by atoms with Crippen LogP contribution < -0.4 is 5.32 Å². The molecular formula is C15H22F2N2O3S. The van der Waals surface area contributed by atoms with E-state index in [0.29, 0.717) is 5.56 Å². The average Bonchev–Trinajstić information content (AvgIpc) is 2.44. The quantitative estimate of drug-likeness (QED) is 0.856. The van der Waals surface area contributed by atoms with Gasteiger partial charge in [0, 0.05) is 25.9 Å². The lowest BCUT2D eigenvalue weighted by molar-refractivity contribution is 0.197. The van der Waals surface area contributed by atoms with Gasteiger partial charge < -0.3 is 10.2 Å². The fourth-order valence-electron chi connectivity index (χ4n) is 2.05. The van der Waals surface area contributed by atoms with Crippen molar-refractivity contribution >= 4 is 15.9 Å². The van der Waals surface area contributed by atoms with Gasteiger partial charge in [-0.15, -0.1) is 0 Å². The van der Waals surface area contributed by atoms with E-state index >= 15 is 0 Å². The second kappa shape index (κ2) is 7.72. The van der Waals surface area contributed by atoms with Crippen molar-refractivity contribution in [1.82, 2.24) is 10.2 Å². The molecule has 0 aliphatic heterocycles. The van der Waals surface area contributed by atoms with Crippen molar-refractivity contribution in [2.24, 2.45) is 0 Å².